The average molecular weight is 191 g/mol. The summed E-state index contributed by atoms with van der Waals surface area (Å²) in [5.41, 5.74) is -0.0505. The molecular formula is C7H5N5O2. The molecule has 0 amide bonds. The van der Waals surface area contributed by atoms with E-state index in [-0.39, 0.29) is 5.69 Å². The lowest BCUT2D eigenvalue weighted by molar-refractivity contribution is 0.0687. The number of hydrogen-bond acceptors (Lipinski definition) is 5. The van der Waals surface area contributed by atoms with Gasteiger partial charge in [0.2, 0.25) is 0 Å². The maximum atomic E-state index is 10.7. The standard InChI is InChI=1S/C7H5N5O2/c13-7(14)5-3-10-11-12(5)6-4-8-1-2-9-6/h1-4H,(H,13,14). The molecule has 0 atom stereocenters. The molecule has 14 heavy (non-hydrogen) atoms. The fraction of sp³-hybridized carbons (Fsp3) is 0. The summed E-state index contributed by atoms with van der Waals surface area (Å²) in [5, 5.41) is 15.8. The summed E-state index contributed by atoms with van der Waals surface area (Å²) < 4.78 is 1.11. The van der Waals surface area contributed by atoms with Gasteiger partial charge in [-0.25, -0.2) is 9.78 Å². The van der Waals surface area contributed by atoms with Crippen LogP contribution >= 0.6 is 0 Å². The predicted molar refractivity (Wildman–Crippen MR) is 43.9 cm³/mol. The second-order valence-electron chi connectivity index (χ2n) is 2.40. The second-order valence-corrected chi connectivity index (χ2v) is 2.40. The zero-order valence-electron chi connectivity index (χ0n) is 6.90. The zero-order chi connectivity index (χ0) is 9.97. The van der Waals surface area contributed by atoms with Crippen LogP contribution in [0.15, 0.2) is 24.8 Å². The fourth-order valence-electron chi connectivity index (χ4n) is 0.951. The fourth-order valence-corrected chi connectivity index (χ4v) is 0.951. The zero-order valence-corrected chi connectivity index (χ0v) is 6.90. The van der Waals surface area contributed by atoms with Crippen molar-refractivity contribution in [3.05, 3.63) is 30.5 Å². The summed E-state index contributed by atoms with van der Waals surface area (Å²) in [4.78, 5) is 18.4. The molecule has 0 spiro atoms. The highest BCUT2D eigenvalue weighted by molar-refractivity contribution is 5.85. The first-order valence-electron chi connectivity index (χ1n) is 3.69. The van der Waals surface area contributed by atoms with Gasteiger partial charge in [0.05, 0.1) is 12.4 Å². The van der Waals surface area contributed by atoms with Gasteiger partial charge in [-0.15, -0.1) is 5.10 Å². The number of aromatic carboxylic acids is 1. The van der Waals surface area contributed by atoms with Gasteiger partial charge in [0, 0.05) is 12.4 Å². The Balaban J connectivity index is 2.52. The summed E-state index contributed by atoms with van der Waals surface area (Å²) >= 11 is 0. The van der Waals surface area contributed by atoms with Gasteiger partial charge in [0.15, 0.2) is 11.5 Å². The van der Waals surface area contributed by atoms with Crippen LogP contribution < -0.4 is 0 Å². The van der Waals surface area contributed by atoms with Crippen LogP contribution in [0.1, 0.15) is 10.5 Å². The van der Waals surface area contributed by atoms with Crippen molar-refractivity contribution >= 4 is 5.97 Å². The largest absolute Gasteiger partial charge is 0.476 e. The first-order valence-corrected chi connectivity index (χ1v) is 3.69. The molecule has 0 unspecified atom stereocenters. The van der Waals surface area contributed by atoms with Gasteiger partial charge >= 0.3 is 5.97 Å². The lowest BCUT2D eigenvalue weighted by Gasteiger charge is -1.99. The van der Waals surface area contributed by atoms with Gasteiger partial charge < -0.3 is 5.11 Å². The number of hydrogen-bond donors (Lipinski definition) is 1. The minimum absolute atomic E-state index is 0.0505. The van der Waals surface area contributed by atoms with Crippen molar-refractivity contribution in [2.75, 3.05) is 0 Å². The van der Waals surface area contributed by atoms with Crippen LogP contribution in [-0.2, 0) is 0 Å². The second kappa shape index (κ2) is 3.21. The molecule has 2 aromatic rings. The van der Waals surface area contributed by atoms with E-state index in [0.29, 0.717) is 5.82 Å². The summed E-state index contributed by atoms with van der Waals surface area (Å²) in [6.45, 7) is 0. The molecule has 0 aliphatic carbocycles. The topological polar surface area (TPSA) is 93.8 Å². The van der Waals surface area contributed by atoms with Gasteiger partial charge in [-0.1, -0.05) is 5.21 Å². The van der Waals surface area contributed by atoms with Gasteiger partial charge in [0.1, 0.15) is 0 Å². The Hall–Kier alpha value is -2.31. The number of aromatic nitrogens is 5. The molecule has 0 bridgehead atoms. The van der Waals surface area contributed by atoms with Gasteiger partial charge in [-0.2, -0.15) is 4.68 Å². The Labute approximate surface area is 78.0 Å². The summed E-state index contributed by atoms with van der Waals surface area (Å²) in [6, 6.07) is 0. The monoisotopic (exact) mass is 191 g/mol. The van der Waals surface area contributed by atoms with E-state index in [1.807, 2.05) is 0 Å². The Bertz CT molecular complexity index is 452. The number of carboxylic acid groups (broad SMARTS) is 1. The Morgan fingerprint density at radius 2 is 2.21 bits per heavy atom. The molecule has 0 aliphatic heterocycles. The van der Waals surface area contributed by atoms with Crippen LogP contribution in [-0.4, -0.2) is 36.0 Å². The first-order chi connectivity index (χ1) is 6.79. The number of rotatable bonds is 2. The number of carboxylic acids is 1. The van der Waals surface area contributed by atoms with Crippen LogP contribution in [0.25, 0.3) is 5.82 Å². The van der Waals surface area contributed by atoms with Gasteiger partial charge in [-0.05, 0) is 0 Å². The van der Waals surface area contributed by atoms with Crippen LogP contribution in [0.2, 0.25) is 0 Å². The quantitative estimate of drug-likeness (QED) is 0.703. The third-order valence-corrected chi connectivity index (χ3v) is 1.53. The Morgan fingerprint density at radius 1 is 1.36 bits per heavy atom. The highest BCUT2D eigenvalue weighted by atomic mass is 16.4. The lowest BCUT2D eigenvalue weighted by atomic mass is 10.5. The molecule has 0 saturated heterocycles. The maximum absolute atomic E-state index is 10.7. The van der Waals surface area contributed by atoms with E-state index in [0.717, 1.165) is 10.9 Å². The highest BCUT2D eigenvalue weighted by Gasteiger charge is 2.13. The molecule has 2 rings (SSSR count). The average Bonchev–Trinajstić information content (AvgIpc) is 2.67. The third-order valence-electron chi connectivity index (χ3n) is 1.53. The molecular weight excluding hydrogens is 186 g/mol. The van der Waals surface area contributed by atoms with E-state index in [1.165, 1.54) is 18.6 Å². The van der Waals surface area contributed by atoms with Crippen molar-refractivity contribution in [3.8, 4) is 5.82 Å². The SMILES string of the molecule is O=C(O)c1cnnn1-c1cnccn1. The molecule has 0 fully saturated rings. The molecule has 0 saturated carbocycles. The highest BCUT2D eigenvalue weighted by Crippen LogP contribution is 2.03. The molecule has 0 aliphatic rings. The summed E-state index contributed by atoms with van der Waals surface area (Å²) in [6.07, 6.45) is 5.49. The Kier molecular flexibility index (Phi) is 1.90. The summed E-state index contributed by atoms with van der Waals surface area (Å²) in [5.74, 6) is -0.789. The van der Waals surface area contributed by atoms with Crippen molar-refractivity contribution in [2.45, 2.75) is 0 Å². The van der Waals surface area contributed by atoms with Crippen molar-refractivity contribution in [2.24, 2.45) is 0 Å². The summed E-state index contributed by atoms with van der Waals surface area (Å²) in [7, 11) is 0. The first kappa shape index (κ1) is 8.30. The van der Waals surface area contributed by atoms with E-state index in [4.69, 9.17) is 5.11 Å². The molecule has 70 valence electrons. The Morgan fingerprint density at radius 3 is 2.86 bits per heavy atom. The molecule has 2 aromatic heterocycles. The molecule has 7 heteroatoms. The smallest absolute Gasteiger partial charge is 0.356 e. The number of nitrogens with zero attached hydrogens (tertiary/aromatic N) is 5. The molecule has 7 nitrogen and oxygen atoms in total. The van der Waals surface area contributed by atoms with Crippen molar-refractivity contribution in [1.29, 1.82) is 0 Å². The van der Waals surface area contributed by atoms with Crippen molar-refractivity contribution in [3.63, 3.8) is 0 Å². The van der Waals surface area contributed by atoms with E-state index < -0.39 is 5.97 Å². The predicted octanol–water partition coefficient (Wildman–Crippen LogP) is -0.245. The normalized spacial score (nSPS) is 10.0. The van der Waals surface area contributed by atoms with Gasteiger partial charge in [-0.3, -0.25) is 4.98 Å². The van der Waals surface area contributed by atoms with Crippen LogP contribution in [0.5, 0.6) is 0 Å². The lowest BCUT2D eigenvalue weighted by Crippen LogP contribution is -2.09. The molecule has 0 aromatic carbocycles. The minimum atomic E-state index is -1.11. The maximum Gasteiger partial charge on any atom is 0.356 e. The molecule has 1 N–H and O–H groups in total. The van der Waals surface area contributed by atoms with Crippen molar-refractivity contribution in [1.82, 2.24) is 25.0 Å². The third kappa shape index (κ3) is 1.30. The van der Waals surface area contributed by atoms with Crippen molar-refractivity contribution < 1.29 is 9.90 Å². The van der Waals surface area contributed by atoms with Crippen LogP contribution in [0, 0.1) is 0 Å². The van der Waals surface area contributed by atoms with E-state index >= 15 is 0 Å². The van der Waals surface area contributed by atoms with E-state index in [1.54, 1.807) is 0 Å². The number of carbonyl (C=O) groups is 1. The molecule has 0 radical (unpaired) electrons. The molecule has 2 heterocycles. The van der Waals surface area contributed by atoms with E-state index in [9.17, 15) is 4.79 Å². The minimum Gasteiger partial charge on any atom is -0.476 e. The van der Waals surface area contributed by atoms with Gasteiger partial charge in [0.25, 0.3) is 0 Å². The van der Waals surface area contributed by atoms with Crippen LogP contribution in [0.3, 0.4) is 0 Å². The van der Waals surface area contributed by atoms with Crippen LogP contribution in [0.4, 0.5) is 0 Å². The van der Waals surface area contributed by atoms with E-state index in [2.05, 4.69) is 20.3 Å².